The van der Waals surface area contributed by atoms with E-state index in [0.717, 1.165) is 0 Å². The molecule has 0 saturated heterocycles. The quantitative estimate of drug-likeness (QED) is 0.647. The van der Waals surface area contributed by atoms with E-state index < -0.39 is 8.25 Å². The van der Waals surface area contributed by atoms with Gasteiger partial charge in [0.2, 0.25) is 0 Å². The first-order chi connectivity index (χ1) is 4.54. The lowest BCUT2D eigenvalue weighted by Crippen LogP contribution is -2.09. The molecule has 0 saturated carbocycles. The summed E-state index contributed by atoms with van der Waals surface area (Å²) in [6.07, 6.45) is 0. The van der Waals surface area contributed by atoms with Crippen LogP contribution >= 0.6 is 8.25 Å². The monoisotopic (exact) mass is 165 g/mol. The van der Waals surface area contributed by atoms with Crippen molar-refractivity contribution in [1.29, 1.82) is 0 Å². The van der Waals surface area contributed by atoms with Crippen LogP contribution in [0.1, 0.15) is 20.8 Å². The molecule has 0 rings (SSSR count). The van der Waals surface area contributed by atoms with E-state index in [4.69, 9.17) is 4.89 Å². The van der Waals surface area contributed by atoms with Gasteiger partial charge >= 0.3 is 8.25 Å². The molecule has 0 aromatic carbocycles. The first-order valence-electron chi connectivity index (χ1n) is 3.33. The van der Waals surface area contributed by atoms with Gasteiger partial charge in [0, 0.05) is 0 Å². The lowest BCUT2D eigenvalue weighted by Gasteiger charge is -2.12. The molecular formula is C6H14O3P. The van der Waals surface area contributed by atoms with Crippen molar-refractivity contribution in [2.24, 2.45) is 11.8 Å². The topological polar surface area (TPSA) is 46.5 Å². The van der Waals surface area contributed by atoms with Gasteiger partial charge in [0.1, 0.15) is 0 Å². The highest BCUT2D eigenvalue weighted by Crippen LogP contribution is 2.19. The SMILES string of the molecule is CC(C)C(C)CO[P](=O)O. The van der Waals surface area contributed by atoms with Crippen LogP contribution in [0.5, 0.6) is 0 Å². The van der Waals surface area contributed by atoms with Crippen molar-refractivity contribution in [3.05, 3.63) is 0 Å². The fourth-order valence-corrected chi connectivity index (χ4v) is 0.736. The molecule has 0 aliphatic heterocycles. The maximum Gasteiger partial charge on any atom is 0.366 e. The van der Waals surface area contributed by atoms with Gasteiger partial charge in [0.05, 0.1) is 6.61 Å². The van der Waals surface area contributed by atoms with Crippen molar-refractivity contribution in [3.63, 3.8) is 0 Å². The average Bonchev–Trinajstić information content (AvgIpc) is 1.82. The maximum absolute atomic E-state index is 10.1. The molecule has 4 heteroatoms. The summed E-state index contributed by atoms with van der Waals surface area (Å²) in [6, 6.07) is 0. The molecule has 0 fully saturated rings. The molecule has 2 atom stereocenters. The molecular weight excluding hydrogens is 151 g/mol. The Morgan fingerprint density at radius 2 is 2.00 bits per heavy atom. The molecule has 1 radical (unpaired) electrons. The second kappa shape index (κ2) is 4.78. The van der Waals surface area contributed by atoms with Gasteiger partial charge in [0.25, 0.3) is 0 Å². The third kappa shape index (κ3) is 4.86. The fourth-order valence-electron chi connectivity index (χ4n) is 0.374. The third-order valence-corrected chi connectivity index (χ3v) is 1.96. The van der Waals surface area contributed by atoms with Crippen molar-refractivity contribution in [1.82, 2.24) is 0 Å². The van der Waals surface area contributed by atoms with Gasteiger partial charge in [-0.05, 0) is 11.8 Å². The molecule has 0 aromatic heterocycles. The standard InChI is InChI=1S/C6H14O3P/c1-5(2)6(3)4-9-10(7)8/h5-6H,4H2,1-3H3,(H,7,8). The summed E-state index contributed by atoms with van der Waals surface area (Å²) in [4.78, 5) is 8.27. The zero-order valence-electron chi connectivity index (χ0n) is 6.57. The van der Waals surface area contributed by atoms with Crippen LogP contribution in [-0.2, 0) is 9.09 Å². The van der Waals surface area contributed by atoms with Crippen LogP contribution in [0.2, 0.25) is 0 Å². The van der Waals surface area contributed by atoms with Crippen molar-refractivity contribution < 1.29 is 14.0 Å². The smallest absolute Gasteiger partial charge is 0.298 e. The molecule has 0 spiro atoms. The van der Waals surface area contributed by atoms with Crippen LogP contribution in [0.4, 0.5) is 0 Å². The van der Waals surface area contributed by atoms with E-state index in [-0.39, 0.29) is 0 Å². The summed E-state index contributed by atoms with van der Waals surface area (Å²) in [6.45, 7) is 6.46. The molecule has 0 heterocycles. The Morgan fingerprint density at radius 1 is 1.50 bits per heavy atom. The summed E-state index contributed by atoms with van der Waals surface area (Å²) in [5.74, 6) is 0.834. The van der Waals surface area contributed by atoms with Crippen molar-refractivity contribution >= 4 is 8.25 Å². The Labute approximate surface area is 62.3 Å². The van der Waals surface area contributed by atoms with Crippen LogP contribution < -0.4 is 0 Å². The molecule has 0 bridgehead atoms. The summed E-state index contributed by atoms with van der Waals surface area (Å²) >= 11 is 0. The van der Waals surface area contributed by atoms with Gasteiger partial charge in [-0.2, -0.15) is 0 Å². The lowest BCUT2D eigenvalue weighted by atomic mass is 10.00. The van der Waals surface area contributed by atoms with Crippen molar-refractivity contribution in [2.75, 3.05) is 6.61 Å². The van der Waals surface area contributed by atoms with Crippen molar-refractivity contribution in [3.8, 4) is 0 Å². The second-order valence-corrected chi connectivity index (χ2v) is 3.49. The molecule has 0 aliphatic rings. The Hall–Kier alpha value is 0.0200. The lowest BCUT2D eigenvalue weighted by molar-refractivity contribution is 0.210. The number of hydrogen-bond acceptors (Lipinski definition) is 2. The highest BCUT2D eigenvalue weighted by Gasteiger charge is 2.08. The van der Waals surface area contributed by atoms with E-state index in [1.165, 1.54) is 0 Å². The van der Waals surface area contributed by atoms with Crippen molar-refractivity contribution in [2.45, 2.75) is 20.8 Å². The van der Waals surface area contributed by atoms with Gasteiger partial charge in [-0.15, -0.1) is 0 Å². The highest BCUT2D eigenvalue weighted by molar-refractivity contribution is 7.32. The van der Waals surface area contributed by atoms with E-state index in [1.54, 1.807) is 0 Å². The minimum absolute atomic E-state index is 0.339. The molecule has 0 aliphatic carbocycles. The molecule has 2 unspecified atom stereocenters. The minimum atomic E-state index is -2.41. The Balaban J connectivity index is 3.39. The zero-order chi connectivity index (χ0) is 8.15. The highest BCUT2D eigenvalue weighted by atomic mass is 31.1. The molecule has 1 N–H and O–H groups in total. The van der Waals surface area contributed by atoms with Crippen LogP contribution in [0.3, 0.4) is 0 Å². The van der Waals surface area contributed by atoms with E-state index in [0.29, 0.717) is 18.4 Å². The number of hydrogen-bond donors (Lipinski definition) is 1. The van der Waals surface area contributed by atoms with Crippen LogP contribution in [0.15, 0.2) is 0 Å². The molecule has 0 amide bonds. The summed E-state index contributed by atoms with van der Waals surface area (Å²) in [7, 11) is -2.41. The van der Waals surface area contributed by atoms with Crippen LogP contribution in [0, 0.1) is 11.8 Å². The molecule has 0 aromatic rings. The average molecular weight is 165 g/mol. The van der Waals surface area contributed by atoms with Gasteiger partial charge in [-0.1, -0.05) is 20.8 Å². The van der Waals surface area contributed by atoms with E-state index in [9.17, 15) is 4.57 Å². The normalized spacial score (nSPS) is 15.5. The largest absolute Gasteiger partial charge is 0.366 e. The van der Waals surface area contributed by atoms with E-state index >= 15 is 0 Å². The van der Waals surface area contributed by atoms with Gasteiger partial charge in [0.15, 0.2) is 0 Å². The summed E-state index contributed by atoms with van der Waals surface area (Å²) < 4.78 is 14.6. The van der Waals surface area contributed by atoms with E-state index in [2.05, 4.69) is 18.4 Å². The first-order valence-corrected chi connectivity index (χ1v) is 4.46. The molecule has 3 nitrogen and oxygen atoms in total. The van der Waals surface area contributed by atoms with E-state index in [1.807, 2.05) is 6.92 Å². The Bertz CT molecular complexity index is 114. The Morgan fingerprint density at radius 3 is 2.30 bits per heavy atom. The van der Waals surface area contributed by atoms with Gasteiger partial charge in [-0.25, -0.2) is 4.57 Å². The predicted octanol–water partition coefficient (Wildman–Crippen LogP) is 1.94. The summed E-state index contributed by atoms with van der Waals surface area (Å²) in [5.41, 5.74) is 0. The first kappa shape index (κ1) is 10.0. The van der Waals surface area contributed by atoms with Crippen LogP contribution in [0.25, 0.3) is 0 Å². The third-order valence-electron chi connectivity index (χ3n) is 1.59. The fraction of sp³-hybridized carbons (Fsp3) is 1.00. The Kier molecular flexibility index (Phi) is 4.79. The molecule has 10 heavy (non-hydrogen) atoms. The summed E-state index contributed by atoms with van der Waals surface area (Å²) in [5, 5.41) is 0. The predicted molar refractivity (Wildman–Crippen MR) is 39.8 cm³/mol. The zero-order valence-corrected chi connectivity index (χ0v) is 7.47. The van der Waals surface area contributed by atoms with Crippen LogP contribution in [-0.4, -0.2) is 11.5 Å². The maximum atomic E-state index is 10.1. The van der Waals surface area contributed by atoms with Gasteiger partial charge < -0.3 is 0 Å². The minimum Gasteiger partial charge on any atom is -0.298 e. The number of rotatable bonds is 4. The van der Waals surface area contributed by atoms with Gasteiger partial charge in [-0.3, -0.25) is 9.42 Å². The molecule has 61 valence electrons. The second-order valence-electron chi connectivity index (χ2n) is 2.75.